The summed E-state index contributed by atoms with van der Waals surface area (Å²) in [6.45, 7) is 7.04. The minimum Gasteiger partial charge on any atom is -0.490 e. The van der Waals surface area contributed by atoms with Crippen LogP contribution in [0.25, 0.3) is 0 Å². The fourth-order valence-electron chi connectivity index (χ4n) is 2.55. The summed E-state index contributed by atoms with van der Waals surface area (Å²) in [6, 6.07) is 5.21. The Morgan fingerprint density at radius 3 is 2.85 bits per heavy atom. The van der Waals surface area contributed by atoms with Gasteiger partial charge in [0.25, 0.3) is 0 Å². The van der Waals surface area contributed by atoms with Crippen molar-refractivity contribution in [3.63, 3.8) is 0 Å². The molecule has 1 aromatic rings. The number of halogens is 1. The van der Waals surface area contributed by atoms with Gasteiger partial charge in [-0.05, 0) is 38.3 Å². The highest BCUT2D eigenvalue weighted by molar-refractivity contribution is 5.37. The van der Waals surface area contributed by atoms with Gasteiger partial charge in [-0.2, -0.15) is 0 Å². The molecule has 0 spiro atoms. The van der Waals surface area contributed by atoms with Crippen molar-refractivity contribution in [1.82, 2.24) is 5.32 Å². The van der Waals surface area contributed by atoms with Crippen molar-refractivity contribution >= 4 is 0 Å². The standard InChI is InChI=1S/C16H24FNO2/c1-3-18-12(2)14-5-4-6-15(17)16(14)20-11-13-7-9-19-10-8-13/h4-6,12-13,18H,3,7-11H2,1-2H3. The molecule has 0 bridgehead atoms. The lowest BCUT2D eigenvalue weighted by Gasteiger charge is -2.24. The molecule has 1 N–H and O–H groups in total. The highest BCUT2D eigenvalue weighted by Gasteiger charge is 2.18. The van der Waals surface area contributed by atoms with E-state index in [2.05, 4.69) is 5.32 Å². The number of hydrogen-bond acceptors (Lipinski definition) is 3. The van der Waals surface area contributed by atoms with Crippen LogP contribution >= 0.6 is 0 Å². The summed E-state index contributed by atoms with van der Waals surface area (Å²) in [6.07, 6.45) is 1.99. The van der Waals surface area contributed by atoms with Crippen molar-refractivity contribution < 1.29 is 13.9 Å². The SMILES string of the molecule is CCNC(C)c1cccc(F)c1OCC1CCOCC1. The van der Waals surface area contributed by atoms with Gasteiger partial charge in [-0.3, -0.25) is 0 Å². The van der Waals surface area contributed by atoms with Crippen LogP contribution in [-0.4, -0.2) is 26.4 Å². The molecule has 1 aromatic carbocycles. The zero-order valence-corrected chi connectivity index (χ0v) is 12.3. The van der Waals surface area contributed by atoms with Gasteiger partial charge in [0, 0.05) is 24.8 Å². The first-order valence-electron chi connectivity index (χ1n) is 7.44. The molecular formula is C16H24FNO2. The van der Waals surface area contributed by atoms with E-state index in [9.17, 15) is 4.39 Å². The Morgan fingerprint density at radius 2 is 2.15 bits per heavy atom. The van der Waals surface area contributed by atoms with Crippen molar-refractivity contribution in [2.24, 2.45) is 5.92 Å². The fraction of sp³-hybridized carbons (Fsp3) is 0.625. The summed E-state index contributed by atoms with van der Waals surface area (Å²) < 4.78 is 25.2. The molecule has 0 amide bonds. The van der Waals surface area contributed by atoms with E-state index in [-0.39, 0.29) is 11.9 Å². The van der Waals surface area contributed by atoms with Gasteiger partial charge in [-0.1, -0.05) is 19.1 Å². The molecule has 1 aliphatic heterocycles. The van der Waals surface area contributed by atoms with Crippen LogP contribution in [-0.2, 0) is 4.74 Å². The quantitative estimate of drug-likeness (QED) is 0.868. The molecule has 20 heavy (non-hydrogen) atoms. The normalized spacial score (nSPS) is 17.9. The molecule has 0 aliphatic carbocycles. The van der Waals surface area contributed by atoms with E-state index in [1.807, 2.05) is 19.9 Å². The zero-order valence-electron chi connectivity index (χ0n) is 12.3. The number of benzene rings is 1. The van der Waals surface area contributed by atoms with Gasteiger partial charge in [0.2, 0.25) is 0 Å². The van der Waals surface area contributed by atoms with E-state index in [0.29, 0.717) is 18.3 Å². The van der Waals surface area contributed by atoms with E-state index in [1.54, 1.807) is 6.07 Å². The molecule has 2 rings (SSSR count). The minimum absolute atomic E-state index is 0.0837. The second kappa shape index (κ2) is 7.60. The molecule has 1 saturated heterocycles. The maximum absolute atomic E-state index is 14.0. The van der Waals surface area contributed by atoms with Crippen LogP contribution in [0.1, 0.15) is 38.3 Å². The van der Waals surface area contributed by atoms with Gasteiger partial charge < -0.3 is 14.8 Å². The number of nitrogens with one attached hydrogen (secondary N) is 1. The molecule has 0 aromatic heterocycles. The van der Waals surface area contributed by atoms with E-state index in [1.165, 1.54) is 6.07 Å². The van der Waals surface area contributed by atoms with Crippen molar-refractivity contribution in [3.8, 4) is 5.75 Å². The highest BCUT2D eigenvalue weighted by atomic mass is 19.1. The van der Waals surface area contributed by atoms with Gasteiger partial charge >= 0.3 is 0 Å². The number of rotatable bonds is 6. The van der Waals surface area contributed by atoms with Crippen LogP contribution in [0.4, 0.5) is 4.39 Å². The predicted molar refractivity (Wildman–Crippen MR) is 77.5 cm³/mol. The summed E-state index contributed by atoms with van der Waals surface area (Å²) in [7, 11) is 0. The van der Waals surface area contributed by atoms with Crippen LogP contribution < -0.4 is 10.1 Å². The Balaban J connectivity index is 2.04. The van der Waals surface area contributed by atoms with Gasteiger partial charge in [-0.15, -0.1) is 0 Å². The molecule has 1 fully saturated rings. The second-order valence-corrected chi connectivity index (χ2v) is 5.30. The molecule has 1 heterocycles. The van der Waals surface area contributed by atoms with Gasteiger partial charge in [-0.25, -0.2) is 4.39 Å². The van der Waals surface area contributed by atoms with Crippen LogP contribution in [0.2, 0.25) is 0 Å². The average molecular weight is 281 g/mol. The predicted octanol–water partition coefficient (Wildman–Crippen LogP) is 3.30. The van der Waals surface area contributed by atoms with Crippen LogP contribution in [0, 0.1) is 11.7 Å². The van der Waals surface area contributed by atoms with Crippen molar-refractivity contribution in [3.05, 3.63) is 29.6 Å². The van der Waals surface area contributed by atoms with Gasteiger partial charge in [0.1, 0.15) is 0 Å². The average Bonchev–Trinajstić information content (AvgIpc) is 2.47. The van der Waals surface area contributed by atoms with Crippen LogP contribution in [0.5, 0.6) is 5.75 Å². The Hall–Kier alpha value is -1.13. The molecule has 112 valence electrons. The Morgan fingerprint density at radius 1 is 1.40 bits per heavy atom. The van der Waals surface area contributed by atoms with Crippen LogP contribution in [0.3, 0.4) is 0 Å². The molecule has 1 aliphatic rings. The van der Waals surface area contributed by atoms with Crippen molar-refractivity contribution in [1.29, 1.82) is 0 Å². The number of para-hydroxylation sites is 1. The first kappa shape index (κ1) is 15.3. The number of hydrogen-bond donors (Lipinski definition) is 1. The molecule has 0 saturated carbocycles. The summed E-state index contributed by atoms with van der Waals surface area (Å²) in [5, 5.41) is 3.30. The summed E-state index contributed by atoms with van der Waals surface area (Å²) in [5.41, 5.74) is 0.888. The smallest absolute Gasteiger partial charge is 0.165 e. The Kier molecular flexibility index (Phi) is 5.80. The molecule has 3 nitrogen and oxygen atoms in total. The fourth-order valence-corrected chi connectivity index (χ4v) is 2.55. The third-order valence-corrected chi connectivity index (χ3v) is 3.78. The van der Waals surface area contributed by atoms with Crippen molar-refractivity contribution in [2.75, 3.05) is 26.4 Å². The van der Waals surface area contributed by atoms with E-state index in [0.717, 1.165) is 38.2 Å². The monoisotopic (exact) mass is 281 g/mol. The Bertz CT molecular complexity index is 419. The topological polar surface area (TPSA) is 30.5 Å². The van der Waals surface area contributed by atoms with E-state index < -0.39 is 0 Å². The summed E-state index contributed by atoms with van der Waals surface area (Å²) >= 11 is 0. The van der Waals surface area contributed by atoms with E-state index in [4.69, 9.17) is 9.47 Å². The lowest BCUT2D eigenvalue weighted by atomic mass is 10.0. The Labute approximate surface area is 120 Å². The molecule has 4 heteroatoms. The number of ether oxygens (including phenoxy) is 2. The molecular weight excluding hydrogens is 257 g/mol. The maximum atomic E-state index is 14.0. The lowest BCUT2D eigenvalue weighted by molar-refractivity contribution is 0.0489. The molecule has 1 unspecified atom stereocenters. The second-order valence-electron chi connectivity index (χ2n) is 5.30. The third-order valence-electron chi connectivity index (χ3n) is 3.78. The van der Waals surface area contributed by atoms with E-state index >= 15 is 0 Å². The third kappa shape index (κ3) is 3.93. The summed E-state index contributed by atoms with van der Waals surface area (Å²) in [5.74, 6) is 0.581. The largest absolute Gasteiger partial charge is 0.490 e. The minimum atomic E-state index is -0.278. The van der Waals surface area contributed by atoms with Crippen molar-refractivity contribution in [2.45, 2.75) is 32.7 Å². The maximum Gasteiger partial charge on any atom is 0.165 e. The zero-order chi connectivity index (χ0) is 14.4. The summed E-state index contributed by atoms with van der Waals surface area (Å²) in [4.78, 5) is 0. The molecule has 1 atom stereocenters. The molecule has 0 radical (unpaired) electrons. The lowest BCUT2D eigenvalue weighted by Crippen LogP contribution is -2.23. The first-order valence-corrected chi connectivity index (χ1v) is 7.44. The van der Waals surface area contributed by atoms with Gasteiger partial charge in [0.05, 0.1) is 6.61 Å². The van der Waals surface area contributed by atoms with Gasteiger partial charge in [0.15, 0.2) is 11.6 Å². The first-order chi connectivity index (χ1) is 9.72. The highest BCUT2D eigenvalue weighted by Crippen LogP contribution is 2.29. The van der Waals surface area contributed by atoms with Crippen LogP contribution in [0.15, 0.2) is 18.2 Å².